The first-order valence-corrected chi connectivity index (χ1v) is 8.91. The summed E-state index contributed by atoms with van der Waals surface area (Å²) in [6.07, 6.45) is 3.55. The van der Waals surface area contributed by atoms with Gasteiger partial charge in [0.15, 0.2) is 0 Å². The summed E-state index contributed by atoms with van der Waals surface area (Å²) in [5.74, 6) is 1.44. The fourth-order valence-corrected chi connectivity index (χ4v) is 3.69. The van der Waals surface area contributed by atoms with Crippen molar-refractivity contribution in [3.8, 4) is 0 Å². The molecule has 3 rings (SSSR count). The van der Waals surface area contributed by atoms with Gasteiger partial charge in [-0.05, 0) is 55.0 Å². The SMILES string of the molecule is Cc1cccc(CSCC(=O)Nc2ccc3c(c2)CCC3)c1. The van der Waals surface area contributed by atoms with Crippen molar-refractivity contribution in [2.24, 2.45) is 0 Å². The summed E-state index contributed by atoms with van der Waals surface area (Å²) in [5, 5.41) is 3.01. The Labute approximate surface area is 136 Å². The second kappa shape index (κ2) is 7.01. The molecule has 0 fully saturated rings. The molecule has 0 unspecified atom stereocenters. The van der Waals surface area contributed by atoms with Gasteiger partial charge in [-0.3, -0.25) is 4.79 Å². The molecule has 1 amide bonds. The van der Waals surface area contributed by atoms with Crippen LogP contribution < -0.4 is 5.32 Å². The van der Waals surface area contributed by atoms with Crippen molar-refractivity contribution < 1.29 is 4.79 Å². The van der Waals surface area contributed by atoms with Gasteiger partial charge in [0.25, 0.3) is 0 Å². The highest BCUT2D eigenvalue weighted by Crippen LogP contribution is 2.25. The molecule has 1 N–H and O–H groups in total. The van der Waals surface area contributed by atoms with Crippen LogP contribution in [-0.4, -0.2) is 11.7 Å². The van der Waals surface area contributed by atoms with Crippen LogP contribution in [0.1, 0.15) is 28.7 Å². The van der Waals surface area contributed by atoms with Crippen LogP contribution in [-0.2, 0) is 23.4 Å². The molecule has 22 heavy (non-hydrogen) atoms. The Hall–Kier alpha value is -1.74. The minimum atomic E-state index is 0.0793. The third kappa shape index (κ3) is 3.92. The van der Waals surface area contributed by atoms with Crippen molar-refractivity contribution in [3.05, 3.63) is 64.7 Å². The van der Waals surface area contributed by atoms with E-state index in [1.54, 1.807) is 11.8 Å². The molecule has 0 spiro atoms. The van der Waals surface area contributed by atoms with Crippen LogP contribution in [0.25, 0.3) is 0 Å². The van der Waals surface area contributed by atoms with E-state index in [0.717, 1.165) is 17.9 Å². The van der Waals surface area contributed by atoms with Gasteiger partial charge in [-0.2, -0.15) is 0 Å². The third-order valence-corrected chi connectivity index (χ3v) is 4.97. The van der Waals surface area contributed by atoms with E-state index in [9.17, 15) is 4.79 Å². The number of carbonyl (C=O) groups excluding carboxylic acids is 1. The number of fused-ring (bicyclic) bond motifs is 1. The van der Waals surface area contributed by atoms with Gasteiger partial charge >= 0.3 is 0 Å². The molecular formula is C19H21NOS. The molecule has 0 atom stereocenters. The van der Waals surface area contributed by atoms with Crippen LogP contribution in [0, 0.1) is 6.92 Å². The van der Waals surface area contributed by atoms with E-state index in [-0.39, 0.29) is 5.91 Å². The number of rotatable bonds is 5. The zero-order chi connectivity index (χ0) is 15.4. The molecule has 3 heteroatoms. The highest BCUT2D eigenvalue weighted by molar-refractivity contribution is 7.99. The molecule has 114 valence electrons. The van der Waals surface area contributed by atoms with E-state index >= 15 is 0 Å². The van der Waals surface area contributed by atoms with Gasteiger partial charge in [-0.1, -0.05) is 35.9 Å². The molecule has 0 aliphatic heterocycles. The average molecular weight is 311 g/mol. The van der Waals surface area contributed by atoms with Crippen LogP contribution in [0.3, 0.4) is 0 Å². The first kappa shape index (κ1) is 15.2. The number of hydrogen-bond donors (Lipinski definition) is 1. The van der Waals surface area contributed by atoms with Gasteiger partial charge in [-0.15, -0.1) is 11.8 Å². The number of hydrogen-bond acceptors (Lipinski definition) is 2. The monoisotopic (exact) mass is 311 g/mol. The quantitative estimate of drug-likeness (QED) is 0.889. The number of anilines is 1. The maximum Gasteiger partial charge on any atom is 0.234 e. The van der Waals surface area contributed by atoms with Crippen molar-refractivity contribution in [2.45, 2.75) is 31.9 Å². The maximum atomic E-state index is 12.0. The van der Waals surface area contributed by atoms with Crippen LogP contribution in [0.15, 0.2) is 42.5 Å². The number of nitrogens with one attached hydrogen (secondary N) is 1. The topological polar surface area (TPSA) is 29.1 Å². The van der Waals surface area contributed by atoms with Crippen molar-refractivity contribution in [3.63, 3.8) is 0 Å². The lowest BCUT2D eigenvalue weighted by Crippen LogP contribution is -2.14. The average Bonchev–Trinajstić information content (AvgIpc) is 2.95. The highest BCUT2D eigenvalue weighted by atomic mass is 32.2. The van der Waals surface area contributed by atoms with Gasteiger partial charge in [0, 0.05) is 11.4 Å². The lowest BCUT2D eigenvalue weighted by molar-refractivity contribution is -0.113. The highest BCUT2D eigenvalue weighted by Gasteiger charge is 2.11. The van der Waals surface area contributed by atoms with Gasteiger partial charge < -0.3 is 5.32 Å². The molecule has 0 aromatic heterocycles. The van der Waals surface area contributed by atoms with Crippen molar-refractivity contribution in [1.82, 2.24) is 0 Å². The maximum absolute atomic E-state index is 12.0. The number of benzene rings is 2. The number of thioether (sulfide) groups is 1. The zero-order valence-corrected chi connectivity index (χ0v) is 13.7. The predicted octanol–water partition coefficient (Wildman–Crippen LogP) is 4.36. The molecule has 0 saturated carbocycles. The summed E-state index contributed by atoms with van der Waals surface area (Å²) in [7, 11) is 0. The molecule has 0 radical (unpaired) electrons. The van der Waals surface area contributed by atoms with Crippen LogP contribution in [0.5, 0.6) is 0 Å². The third-order valence-electron chi connectivity index (χ3n) is 3.97. The molecule has 2 aromatic rings. The van der Waals surface area contributed by atoms with Gasteiger partial charge in [0.2, 0.25) is 5.91 Å². The number of amides is 1. The lowest BCUT2D eigenvalue weighted by atomic mass is 10.1. The van der Waals surface area contributed by atoms with Gasteiger partial charge in [-0.25, -0.2) is 0 Å². The molecule has 1 aliphatic rings. The Morgan fingerprint density at radius 2 is 2.00 bits per heavy atom. The Kier molecular flexibility index (Phi) is 4.84. The Morgan fingerprint density at radius 1 is 1.14 bits per heavy atom. The Bertz CT molecular complexity index is 681. The molecule has 0 bridgehead atoms. The summed E-state index contributed by atoms with van der Waals surface area (Å²) in [4.78, 5) is 12.0. The summed E-state index contributed by atoms with van der Waals surface area (Å²) >= 11 is 1.66. The fourth-order valence-electron chi connectivity index (χ4n) is 2.91. The summed E-state index contributed by atoms with van der Waals surface area (Å²) in [6, 6.07) is 14.7. The van der Waals surface area contributed by atoms with Crippen LogP contribution in [0.4, 0.5) is 5.69 Å². The molecule has 0 saturated heterocycles. The van der Waals surface area contributed by atoms with E-state index in [4.69, 9.17) is 0 Å². The Balaban J connectivity index is 1.48. The molecular weight excluding hydrogens is 290 g/mol. The molecule has 0 heterocycles. The van der Waals surface area contributed by atoms with E-state index in [0.29, 0.717) is 5.75 Å². The van der Waals surface area contributed by atoms with Crippen LogP contribution >= 0.6 is 11.8 Å². The van der Waals surface area contributed by atoms with E-state index in [2.05, 4.69) is 48.6 Å². The van der Waals surface area contributed by atoms with Crippen molar-refractivity contribution >= 4 is 23.4 Å². The van der Waals surface area contributed by atoms with E-state index < -0.39 is 0 Å². The standard InChI is InChI=1S/C19H21NOS/c1-14-4-2-5-15(10-14)12-22-13-19(21)20-18-9-8-16-6-3-7-17(16)11-18/h2,4-5,8-11H,3,6-7,12-13H2,1H3,(H,20,21). The first-order chi connectivity index (χ1) is 10.7. The van der Waals surface area contributed by atoms with E-state index in [1.165, 1.54) is 35.1 Å². The molecule has 2 nitrogen and oxygen atoms in total. The lowest BCUT2D eigenvalue weighted by Gasteiger charge is -2.08. The van der Waals surface area contributed by atoms with Gasteiger partial charge in [0.05, 0.1) is 5.75 Å². The second-order valence-electron chi connectivity index (χ2n) is 5.87. The van der Waals surface area contributed by atoms with Crippen molar-refractivity contribution in [2.75, 3.05) is 11.1 Å². The second-order valence-corrected chi connectivity index (χ2v) is 6.85. The minimum absolute atomic E-state index is 0.0793. The zero-order valence-electron chi connectivity index (χ0n) is 12.9. The predicted molar refractivity (Wildman–Crippen MR) is 94.4 cm³/mol. The smallest absolute Gasteiger partial charge is 0.234 e. The summed E-state index contributed by atoms with van der Waals surface area (Å²) < 4.78 is 0. The van der Waals surface area contributed by atoms with Crippen LogP contribution in [0.2, 0.25) is 0 Å². The van der Waals surface area contributed by atoms with Crippen molar-refractivity contribution in [1.29, 1.82) is 0 Å². The molecule has 1 aliphatic carbocycles. The normalized spacial score (nSPS) is 13.0. The van der Waals surface area contributed by atoms with Gasteiger partial charge in [0.1, 0.15) is 0 Å². The number of carbonyl (C=O) groups is 1. The molecule has 2 aromatic carbocycles. The summed E-state index contributed by atoms with van der Waals surface area (Å²) in [6.45, 7) is 2.09. The fraction of sp³-hybridized carbons (Fsp3) is 0.316. The van der Waals surface area contributed by atoms with E-state index in [1.807, 2.05) is 6.07 Å². The first-order valence-electron chi connectivity index (χ1n) is 7.76. The largest absolute Gasteiger partial charge is 0.325 e. The Morgan fingerprint density at radius 3 is 2.86 bits per heavy atom. The number of aryl methyl sites for hydroxylation is 3. The summed E-state index contributed by atoms with van der Waals surface area (Å²) in [5.41, 5.74) is 6.30. The minimum Gasteiger partial charge on any atom is -0.325 e.